The maximum atomic E-state index is 11.5. The van der Waals surface area contributed by atoms with E-state index >= 15 is 0 Å². The van der Waals surface area contributed by atoms with Gasteiger partial charge in [-0.3, -0.25) is 9.59 Å². The van der Waals surface area contributed by atoms with E-state index in [1.165, 1.54) is 0 Å². The quantitative estimate of drug-likeness (QED) is 0.638. The first kappa shape index (κ1) is 8.60. The Morgan fingerprint density at radius 2 is 1.87 bits per heavy atom. The van der Waals surface area contributed by atoms with Crippen molar-refractivity contribution in [1.29, 1.82) is 0 Å². The number of Topliss-reactive ketones (excluding diaryl/α,β-unsaturated/α-hetero) is 1. The fraction of sp³-hybridized carbons (Fsp3) is 0.231. The van der Waals surface area contributed by atoms with Gasteiger partial charge in [-0.2, -0.15) is 0 Å². The Morgan fingerprint density at radius 1 is 1.00 bits per heavy atom. The van der Waals surface area contributed by atoms with Crippen molar-refractivity contribution in [2.75, 3.05) is 0 Å². The van der Waals surface area contributed by atoms with E-state index in [2.05, 4.69) is 0 Å². The van der Waals surface area contributed by atoms with Gasteiger partial charge in [0.2, 0.25) is 0 Å². The van der Waals surface area contributed by atoms with Crippen LogP contribution in [0.5, 0.6) is 0 Å². The predicted octanol–water partition coefficient (Wildman–Crippen LogP) is 1.95. The minimum absolute atomic E-state index is 0.145. The van der Waals surface area contributed by atoms with Gasteiger partial charge in [0.05, 0.1) is 0 Å². The topological polar surface area (TPSA) is 34.1 Å². The molecule has 3 rings (SSSR count). The maximum absolute atomic E-state index is 11.5. The number of rotatable bonds is 0. The highest BCUT2D eigenvalue weighted by Crippen LogP contribution is 2.30. The Hall–Kier alpha value is -1.70. The molecule has 0 amide bonds. The van der Waals surface area contributed by atoms with Gasteiger partial charge in [-0.15, -0.1) is 0 Å². The Morgan fingerprint density at radius 3 is 2.73 bits per heavy atom. The molecule has 2 nitrogen and oxygen atoms in total. The maximum Gasteiger partial charge on any atom is 0.163 e. The van der Waals surface area contributed by atoms with Crippen molar-refractivity contribution in [3.63, 3.8) is 0 Å². The van der Waals surface area contributed by atoms with Crippen LogP contribution in [0.3, 0.4) is 0 Å². The lowest BCUT2D eigenvalue weighted by atomic mass is 9.90. The van der Waals surface area contributed by atoms with Crippen LogP contribution in [0.2, 0.25) is 0 Å². The molecule has 15 heavy (non-hydrogen) atoms. The highest BCUT2D eigenvalue weighted by molar-refractivity contribution is 6.04. The van der Waals surface area contributed by atoms with E-state index < -0.39 is 0 Å². The van der Waals surface area contributed by atoms with Gasteiger partial charge in [0, 0.05) is 18.4 Å². The Balaban J connectivity index is 2.24. The number of allylic oxidation sites excluding steroid dienone is 1. The highest BCUT2D eigenvalue weighted by Gasteiger charge is 2.24. The zero-order chi connectivity index (χ0) is 10.4. The summed E-state index contributed by atoms with van der Waals surface area (Å²) in [4.78, 5) is 22.8. The number of benzene rings is 1. The fourth-order valence-corrected chi connectivity index (χ4v) is 2.40. The molecule has 0 fully saturated rings. The molecule has 2 aliphatic carbocycles. The number of ketones is 2. The Kier molecular flexibility index (Phi) is 1.66. The first-order valence-electron chi connectivity index (χ1n) is 5.14. The molecule has 0 saturated carbocycles. The second-order valence-corrected chi connectivity index (χ2v) is 4.06. The van der Waals surface area contributed by atoms with Crippen molar-refractivity contribution in [2.45, 2.75) is 19.3 Å². The molecule has 2 heteroatoms. The summed E-state index contributed by atoms with van der Waals surface area (Å²) in [5.74, 6) is 0.380. The van der Waals surface area contributed by atoms with Crippen LogP contribution in [0.25, 0.3) is 6.08 Å². The van der Waals surface area contributed by atoms with Gasteiger partial charge in [-0.25, -0.2) is 0 Å². The lowest BCUT2D eigenvalue weighted by molar-refractivity contribution is -0.114. The molecule has 0 aromatic heterocycles. The monoisotopic (exact) mass is 198 g/mol. The molecule has 0 bridgehead atoms. The first-order chi connectivity index (χ1) is 7.25. The predicted molar refractivity (Wildman–Crippen MR) is 56.8 cm³/mol. The molecule has 0 heterocycles. The van der Waals surface area contributed by atoms with Crippen molar-refractivity contribution in [2.24, 2.45) is 0 Å². The van der Waals surface area contributed by atoms with Crippen molar-refractivity contribution in [1.82, 2.24) is 0 Å². The number of carbonyl (C=O) groups excluding carboxylic acids is 2. The minimum atomic E-state index is 0.145. The summed E-state index contributed by atoms with van der Waals surface area (Å²) in [6, 6.07) is 3.79. The van der Waals surface area contributed by atoms with E-state index in [4.69, 9.17) is 0 Å². The highest BCUT2D eigenvalue weighted by atomic mass is 16.1. The van der Waals surface area contributed by atoms with Gasteiger partial charge in [0.25, 0.3) is 0 Å². The third kappa shape index (κ3) is 1.18. The third-order valence-corrected chi connectivity index (χ3v) is 3.15. The van der Waals surface area contributed by atoms with Crippen molar-refractivity contribution in [3.05, 3.63) is 40.5 Å². The molecule has 0 radical (unpaired) electrons. The van der Waals surface area contributed by atoms with E-state index in [1.54, 1.807) is 6.08 Å². The molecule has 0 spiro atoms. The number of carbonyl (C=O) groups is 2. The van der Waals surface area contributed by atoms with E-state index in [0.717, 1.165) is 28.7 Å². The molecular weight excluding hydrogens is 188 g/mol. The zero-order valence-corrected chi connectivity index (χ0v) is 8.25. The van der Waals surface area contributed by atoms with Crippen LogP contribution in [0.15, 0.2) is 18.2 Å². The van der Waals surface area contributed by atoms with Crippen molar-refractivity contribution < 1.29 is 9.59 Å². The van der Waals surface area contributed by atoms with Crippen LogP contribution in [0, 0.1) is 0 Å². The number of hydrogen-bond acceptors (Lipinski definition) is 2. The molecule has 0 N–H and O–H groups in total. The van der Waals surface area contributed by atoms with E-state index in [-0.39, 0.29) is 11.6 Å². The van der Waals surface area contributed by atoms with Gasteiger partial charge in [-0.05, 0) is 29.2 Å². The molecule has 0 unspecified atom stereocenters. The molecular formula is C13H10O2. The zero-order valence-electron chi connectivity index (χ0n) is 8.25. The Bertz CT molecular complexity index is 510. The smallest absolute Gasteiger partial charge is 0.163 e. The second kappa shape index (κ2) is 2.89. The summed E-state index contributed by atoms with van der Waals surface area (Å²) in [5.41, 5.74) is 4.17. The summed E-state index contributed by atoms with van der Waals surface area (Å²) in [7, 11) is 0. The van der Waals surface area contributed by atoms with Crippen LogP contribution in [0.1, 0.15) is 33.5 Å². The van der Waals surface area contributed by atoms with Gasteiger partial charge < -0.3 is 0 Å². The summed E-state index contributed by atoms with van der Waals surface area (Å²) in [5, 5.41) is 0. The third-order valence-electron chi connectivity index (χ3n) is 3.15. The SMILES string of the molecule is O=C1C=Cc2c(ccc3c2CCC3=O)C1. The van der Waals surface area contributed by atoms with Gasteiger partial charge in [-0.1, -0.05) is 18.2 Å². The average Bonchev–Trinajstić information content (AvgIpc) is 2.60. The summed E-state index contributed by atoms with van der Waals surface area (Å²) in [6.45, 7) is 0. The van der Waals surface area contributed by atoms with E-state index in [0.29, 0.717) is 12.8 Å². The largest absolute Gasteiger partial charge is 0.294 e. The summed E-state index contributed by atoms with van der Waals surface area (Å²) in [6.07, 6.45) is 5.40. The van der Waals surface area contributed by atoms with Gasteiger partial charge in [0.1, 0.15) is 0 Å². The summed E-state index contributed by atoms with van der Waals surface area (Å²) < 4.78 is 0. The molecule has 2 aliphatic rings. The van der Waals surface area contributed by atoms with E-state index in [1.807, 2.05) is 18.2 Å². The lowest BCUT2D eigenvalue weighted by Crippen LogP contribution is -2.07. The summed E-state index contributed by atoms with van der Waals surface area (Å²) >= 11 is 0. The van der Waals surface area contributed by atoms with Gasteiger partial charge >= 0.3 is 0 Å². The van der Waals surface area contributed by atoms with Crippen LogP contribution in [-0.2, 0) is 17.6 Å². The van der Waals surface area contributed by atoms with Crippen LogP contribution < -0.4 is 0 Å². The van der Waals surface area contributed by atoms with Crippen LogP contribution >= 0.6 is 0 Å². The normalized spacial score (nSPS) is 17.9. The number of fused-ring (bicyclic) bond motifs is 3. The number of hydrogen-bond donors (Lipinski definition) is 0. The second-order valence-electron chi connectivity index (χ2n) is 4.06. The molecule has 1 aromatic rings. The molecule has 0 saturated heterocycles. The fourth-order valence-electron chi connectivity index (χ4n) is 2.40. The standard InChI is InChI=1S/C13H10O2/c14-9-2-4-10-8(7-9)1-3-12-11(10)5-6-13(12)15/h1-4H,5-7H2. The molecule has 74 valence electrons. The Labute approximate surface area is 87.6 Å². The average molecular weight is 198 g/mol. The van der Waals surface area contributed by atoms with Crippen LogP contribution in [-0.4, -0.2) is 11.6 Å². The lowest BCUT2D eigenvalue weighted by Gasteiger charge is -2.13. The molecule has 0 atom stereocenters. The van der Waals surface area contributed by atoms with Crippen LogP contribution in [0.4, 0.5) is 0 Å². The van der Waals surface area contributed by atoms with E-state index in [9.17, 15) is 9.59 Å². The molecule has 1 aromatic carbocycles. The minimum Gasteiger partial charge on any atom is -0.294 e. The molecule has 0 aliphatic heterocycles. The van der Waals surface area contributed by atoms with Crippen molar-refractivity contribution in [3.8, 4) is 0 Å². The van der Waals surface area contributed by atoms with Crippen molar-refractivity contribution >= 4 is 17.6 Å². The van der Waals surface area contributed by atoms with Gasteiger partial charge in [0.15, 0.2) is 11.6 Å². The first-order valence-corrected chi connectivity index (χ1v) is 5.14.